The molecule has 2 saturated heterocycles. The van der Waals surface area contributed by atoms with Gasteiger partial charge in [-0.25, -0.2) is 14.4 Å². The van der Waals surface area contributed by atoms with Gasteiger partial charge < -0.3 is 24.9 Å². The van der Waals surface area contributed by atoms with Crippen molar-refractivity contribution in [1.82, 2.24) is 24.2 Å². The molecule has 41 heavy (non-hydrogen) atoms. The molecule has 0 bridgehead atoms. The number of aromatic nitrogens is 3. The molecule has 3 aromatic heterocycles. The van der Waals surface area contributed by atoms with E-state index in [4.69, 9.17) is 9.97 Å². The Kier molecular flexibility index (Phi) is 7.30. The van der Waals surface area contributed by atoms with Gasteiger partial charge in [0.15, 0.2) is 5.13 Å². The summed E-state index contributed by atoms with van der Waals surface area (Å²) in [5, 5.41) is 20.9. The molecule has 12 heteroatoms. The number of hydrogen-bond donors (Lipinski definition) is 2. The van der Waals surface area contributed by atoms with E-state index in [1.165, 1.54) is 23.5 Å². The van der Waals surface area contributed by atoms with Gasteiger partial charge in [0.25, 0.3) is 0 Å². The molecule has 0 saturated carbocycles. The number of imidazole rings is 1. The van der Waals surface area contributed by atoms with E-state index in [0.717, 1.165) is 61.0 Å². The fourth-order valence-corrected chi connectivity index (χ4v) is 6.33. The van der Waals surface area contributed by atoms with Crippen LogP contribution in [-0.2, 0) is 11.2 Å². The molecule has 6 rings (SSSR count). The Hall–Kier alpha value is -3.74. The second-order valence-corrected chi connectivity index (χ2v) is 11.7. The molecule has 2 N–H and O–H groups in total. The average Bonchev–Trinajstić information content (AvgIpc) is 3.52. The maximum absolute atomic E-state index is 13.5. The van der Waals surface area contributed by atoms with Crippen molar-refractivity contribution in [3.05, 3.63) is 53.6 Å². The van der Waals surface area contributed by atoms with Crippen LogP contribution in [0.3, 0.4) is 0 Å². The molecular formula is C29H34FN7O3S. The third-order valence-corrected chi connectivity index (χ3v) is 8.83. The molecule has 0 aliphatic carbocycles. The molecule has 5 heterocycles. The minimum absolute atomic E-state index is 0.0730. The number of carbonyl (C=O) groups is 1. The number of aryl methyl sites for hydroxylation is 2. The van der Waals surface area contributed by atoms with Crippen molar-refractivity contribution in [1.29, 1.82) is 0 Å². The molecule has 0 atom stereocenters. The molecule has 2 aliphatic heterocycles. The predicted octanol–water partition coefficient (Wildman–Crippen LogP) is 3.27. The Balaban J connectivity index is 1.25. The normalized spacial score (nSPS) is 16.4. The number of pyridine rings is 1. The van der Waals surface area contributed by atoms with Crippen LogP contribution in [0.4, 0.5) is 21.0 Å². The van der Waals surface area contributed by atoms with Crippen molar-refractivity contribution in [3.63, 3.8) is 0 Å². The first-order valence-corrected chi connectivity index (χ1v) is 14.7. The van der Waals surface area contributed by atoms with E-state index in [2.05, 4.69) is 40.3 Å². The van der Waals surface area contributed by atoms with Crippen molar-refractivity contribution >= 4 is 39.5 Å². The van der Waals surface area contributed by atoms with E-state index in [1.54, 1.807) is 17.0 Å². The monoisotopic (exact) mass is 579 g/mol. The second kappa shape index (κ2) is 10.9. The number of likely N-dealkylation sites (tertiary alicyclic amines) is 1. The zero-order valence-electron chi connectivity index (χ0n) is 23.4. The number of nitrogens with zero attached hydrogens (tertiary/aromatic N) is 7. The van der Waals surface area contributed by atoms with Crippen molar-refractivity contribution in [3.8, 4) is 16.3 Å². The maximum Gasteiger partial charge on any atom is 0.236 e. The quantitative estimate of drug-likeness (QED) is 0.344. The summed E-state index contributed by atoms with van der Waals surface area (Å²) < 4.78 is 15.6. The zero-order valence-corrected chi connectivity index (χ0v) is 24.2. The first-order valence-electron chi connectivity index (χ1n) is 13.9. The Morgan fingerprint density at radius 3 is 2.51 bits per heavy atom. The van der Waals surface area contributed by atoms with Gasteiger partial charge >= 0.3 is 0 Å². The lowest BCUT2D eigenvalue weighted by Crippen LogP contribution is -2.57. The van der Waals surface area contributed by atoms with Gasteiger partial charge in [0.1, 0.15) is 23.0 Å². The molecule has 2 aliphatic rings. The van der Waals surface area contributed by atoms with Crippen LogP contribution in [0.25, 0.3) is 16.9 Å². The lowest BCUT2D eigenvalue weighted by Gasteiger charge is -2.39. The predicted molar refractivity (Wildman–Crippen MR) is 158 cm³/mol. The van der Waals surface area contributed by atoms with E-state index < -0.39 is 0 Å². The highest BCUT2D eigenvalue weighted by Gasteiger charge is 2.30. The van der Waals surface area contributed by atoms with Crippen molar-refractivity contribution in [2.24, 2.45) is 0 Å². The van der Waals surface area contributed by atoms with E-state index in [1.807, 2.05) is 11.9 Å². The van der Waals surface area contributed by atoms with Crippen LogP contribution in [-0.4, -0.2) is 99.3 Å². The smallest absolute Gasteiger partial charge is 0.236 e. The third-order valence-electron chi connectivity index (χ3n) is 7.90. The number of amides is 1. The van der Waals surface area contributed by atoms with Gasteiger partial charge in [-0.1, -0.05) is 18.3 Å². The number of aliphatic hydroxyl groups excluding tert-OH is 1. The van der Waals surface area contributed by atoms with E-state index in [0.29, 0.717) is 36.0 Å². The molecule has 0 spiro atoms. The largest absolute Gasteiger partial charge is 0.498 e. The number of aromatic hydroxyl groups is 1. The highest BCUT2D eigenvalue weighted by molar-refractivity contribution is 7.17. The number of carbonyl (C=O) groups excluding carboxylic acids is 1. The van der Waals surface area contributed by atoms with Crippen LogP contribution >= 0.6 is 11.3 Å². The van der Waals surface area contributed by atoms with Crippen LogP contribution in [0, 0.1) is 12.7 Å². The number of piperazine rings is 1. The molecule has 2 fully saturated rings. The number of halogens is 1. The number of aliphatic hydroxyl groups is 1. The zero-order chi connectivity index (χ0) is 28.8. The van der Waals surface area contributed by atoms with Crippen molar-refractivity contribution in [2.75, 3.05) is 62.7 Å². The van der Waals surface area contributed by atoms with Crippen LogP contribution in [0.1, 0.15) is 18.2 Å². The molecule has 1 amide bonds. The summed E-state index contributed by atoms with van der Waals surface area (Å²) in [6.45, 7) is 8.54. The highest BCUT2D eigenvalue weighted by atomic mass is 32.1. The number of β-amino-alcohol motifs (C(OH)–C–C–N with tert-alkyl or cyclic N) is 1. The minimum atomic E-state index is -0.382. The number of anilines is 3. The Morgan fingerprint density at radius 2 is 1.85 bits per heavy atom. The van der Waals surface area contributed by atoms with Gasteiger partial charge in [0, 0.05) is 58.1 Å². The van der Waals surface area contributed by atoms with Gasteiger partial charge in [-0.15, -0.1) is 0 Å². The maximum atomic E-state index is 13.5. The first-order chi connectivity index (χ1) is 19.7. The molecule has 216 valence electrons. The standard InChI is InChI=1S/C29H34FN7O3S/c1-4-23-27(33(3)29-32-25(28(40)41-29)19-5-7-20(30)8-6-19)37-14-21(13-18(2)26(37)31-23)35-11-9-34(10-12-35)17-24(39)36-15-22(38)16-36/h5-8,13-14,22,38,40H,4,9-12,15-17H2,1-3H3. The molecular weight excluding hydrogens is 545 g/mol. The van der Waals surface area contributed by atoms with E-state index in [9.17, 15) is 19.4 Å². The summed E-state index contributed by atoms with van der Waals surface area (Å²) in [5.74, 6) is 0.621. The summed E-state index contributed by atoms with van der Waals surface area (Å²) in [6.07, 6.45) is 2.45. The first kappa shape index (κ1) is 27.4. The lowest BCUT2D eigenvalue weighted by molar-refractivity contribution is -0.142. The number of thiazole rings is 1. The number of benzene rings is 1. The van der Waals surface area contributed by atoms with Crippen LogP contribution in [0.5, 0.6) is 5.06 Å². The topological polar surface area (TPSA) is 101 Å². The summed E-state index contributed by atoms with van der Waals surface area (Å²) in [5.41, 5.74) is 4.99. The van der Waals surface area contributed by atoms with Gasteiger partial charge in [-0.2, -0.15) is 0 Å². The Bertz CT molecular complexity index is 1570. The molecule has 4 aromatic rings. The summed E-state index contributed by atoms with van der Waals surface area (Å²) in [6, 6.07) is 8.10. The van der Waals surface area contributed by atoms with Gasteiger partial charge in [-0.05, 0) is 49.2 Å². The second-order valence-electron chi connectivity index (χ2n) is 10.7. The minimum Gasteiger partial charge on any atom is -0.498 e. The lowest BCUT2D eigenvalue weighted by atomic mass is 10.1. The van der Waals surface area contributed by atoms with E-state index in [-0.39, 0.29) is 22.9 Å². The fraction of sp³-hybridized carbons (Fsp3) is 0.414. The third kappa shape index (κ3) is 5.22. The van der Waals surface area contributed by atoms with E-state index >= 15 is 0 Å². The SMILES string of the molecule is CCc1nc2c(C)cc(N3CCN(CC(=O)N4CC(O)C4)CC3)cn2c1N(C)c1nc(-c2ccc(F)cc2)c(O)s1. The highest BCUT2D eigenvalue weighted by Crippen LogP contribution is 2.41. The van der Waals surface area contributed by atoms with Crippen molar-refractivity contribution < 1.29 is 19.4 Å². The Morgan fingerprint density at radius 1 is 1.15 bits per heavy atom. The molecule has 1 aromatic carbocycles. The van der Waals surface area contributed by atoms with Crippen LogP contribution < -0.4 is 9.80 Å². The number of hydrogen-bond acceptors (Lipinski definition) is 9. The van der Waals surface area contributed by atoms with Crippen LogP contribution in [0.15, 0.2) is 36.5 Å². The van der Waals surface area contributed by atoms with Gasteiger partial charge in [0.05, 0.1) is 24.0 Å². The molecule has 0 unspecified atom stereocenters. The summed E-state index contributed by atoms with van der Waals surface area (Å²) >= 11 is 1.17. The average molecular weight is 580 g/mol. The summed E-state index contributed by atoms with van der Waals surface area (Å²) in [7, 11) is 1.92. The number of rotatable bonds is 7. The van der Waals surface area contributed by atoms with Crippen molar-refractivity contribution in [2.45, 2.75) is 26.4 Å². The Labute approximate surface area is 241 Å². The molecule has 0 radical (unpaired) electrons. The fourth-order valence-electron chi connectivity index (χ4n) is 5.54. The summed E-state index contributed by atoms with van der Waals surface area (Å²) in [4.78, 5) is 30.3. The molecule has 10 nitrogen and oxygen atoms in total. The number of fused-ring (bicyclic) bond motifs is 1. The van der Waals surface area contributed by atoms with Gasteiger partial charge in [0.2, 0.25) is 11.0 Å². The van der Waals surface area contributed by atoms with Crippen LogP contribution in [0.2, 0.25) is 0 Å². The van der Waals surface area contributed by atoms with Gasteiger partial charge in [-0.3, -0.25) is 14.1 Å².